The van der Waals surface area contributed by atoms with Crippen molar-refractivity contribution in [3.63, 3.8) is 0 Å². The van der Waals surface area contributed by atoms with Crippen LogP contribution in [0.5, 0.6) is 11.5 Å². The molecule has 5 aromatic rings. The number of carbonyl (C=O) groups excluding carboxylic acids is 1. The van der Waals surface area contributed by atoms with Gasteiger partial charge in [-0.1, -0.05) is 44.2 Å². The Hall–Kier alpha value is -4.85. The van der Waals surface area contributed by atoms with Crippen LogP contribution < -0.4 is 11.0 Å². The van der Waals surface area contributed by atoms with Gasteiger partial charge in [0.25, 0.3) is 5.56 Å². The number of esters is 1. The minimum atomic E-state index is -0.964. The number of phenolic OH excluding ortho intramolecular Hbond substituents is 2. The molecule has 40 heavy (non-hydrogen) atoms. The van der Waals surface area contributed by atoms with E-state index in [0.717, 1.165) is 10.9 Å². The fourth-order valence-electron chi connectivity index (χ4n) is 5.15. The van der Waals surface area contributed by atoms with Crippen LogP contribution in [0.25, 0.3) is 33.0 Å². The summed E-state index contributed by atoms with van der Waals surface area (Å²) in [5, 5.41) is 21.7. The van der Waals surface area contributed by atoms with Gasteiger partial charge in [0.2, 0.25) is 5.43 Å². The average molecular weight is 540 g/mol. The second-order valence-electron chi connectivity index (χ2n) is 10.2. The summed E-state index contributed by atoms with van der Waals surface area (Å²) in [4.78, 5) is 40.2. The summed E-state index contributed by atoms with van der Waals surface area (Å²) in [5.41, 5.74) is 1.40. The highest BCUT2D eigenvalue weighted by atomic mass is 16.5. The van der Waals surface area contributed by atoms with Gasteiger partial charge in [0.15, 0.2) is 0 Å². The van der Waals surface area contributed by atoms with Crippen molar-refractivity contribution < 1.29 is 24.2 Å². The third-order valence-corrected chi connectivity index (χ3v) is 7.04. The first kappa shape index (κ1) is 26.7. The molecular weight excluding hydrogens is 510 g/mol. The van der Waals surface area contributed by atoms with E-state index in [1.807, 2.05) is 38.1 Å². The second kappa shape index (κ2) is 10.7. The molecular formula is C32H29NO7. The van der Waals surface area contributed by atoms with Gasteiger partial charge < -0.3 is 23.9 Å². The number of nitrogens with zero attached hydrogens (tertiary/aromatic N) is 1. The molecule has 0 spiro atoms. The number of ether oxygens (including phenoxy) is 1. The van der Waals surface area contributed by atoms with Gasteiger partial charge in [0.1, 0.15) is 23.3 Å². The zero-order valence-electron chi connectivity index (χ0n) is 22.4. The highest BCUT2D eigenvalue weighted by Gasteiger charge is 2.29. The Morgan fingerprint density at radius 3 is 2.42 bits per heavy atom. The van der Waals surface area contributed by atoms with Crippen LogP contribution in [0, 0.1) is 5.92 Å². The van der Waals surface area contributed by atoms with Crippen LogP contribution in [0.2, 0.25) is 0 Å². The Balaban J connectivity index is 1.79. The quantitative estimate of drug-likeness (QED) is 0.261. The monoisotopic (exact) mass is 539 g/mol. The van der Waals surface area contributed by atoms with Crippen molar-refractivity contribution in [2.45, 2.75) is 32.7 Å². The Morgan fingerprint density at radius 2 is 1.73 bits per heavy atom. The number of aromatic hydroxyl groups is 2. The highest BCUT2D eigenvalue weighted by molar-refractivity contribution is 5.88. The lowest BCUT2D eigenvalue weighted by Gasteiger charge is -2.22. The Kier molecular flexibility index (Phi) is 7.17. The molecule has 0 saturated carbocycles. The molecule has 0 fully saturated rings. The average Bonchev–Trinajstić information content (AvgIpc) is 2.94. The molecule has 3 aromatic carbocycles. The van der Waals surface area contributed by atoms with Crippen molar-refractivity contribution in [2.24, 2.45) is 5.92 Å². The van der Waals surface area contributed by atoms with Gasteiger partial charge >= 0.3 is 5.97 Å². The van der Waals surface area contributed by atoms with E-state index in [-0.39, 0.29) is 62.5 Å². The van der Waals surface area contributed by atoms with Crippen LogP contribution in [0.1, 0.15) is 37.3 Å². The van der Waals surface area contributed by atoms with Crippen LogP contribution >= 0.6 is 0 Å². The Labute approximate surface area is 229 Å². The van der Waals surface area contributed by atoms with Crippen LogP contribution in [0.15, 0.2) is 87.0 Å². The number of rotatable bonds is 7. The summed E-state index contributed by atoms with van der Waals surface area (Å²) in [5.74, 6) is -1.55. The topological polar surface area (TPSA) is 119 Å². The third kappa shape index (κ3) is 4.84. The maximum Gasteiger partial charge on any atom is 0.306 e. The van der Waals surface area contributed by atoms with E-state index in [4.69, 9.17) is 9.15 Å². The molecule has 0 saturated heterocycles. The molecule has 1 unspecified atom stereocenters. The predicted octanol–water partition coefficient (Wildman–Crippen LogP) is 5.54. The van der Waals surface area contributed by atoms with Gasteiger partial charge in [-0.2, -0.15) is 0 Å². The van der Waals surface area contributed by atoms with E-state index >= 15 is 0 Å². The minimum absolute atomic E-state index is 0.0605. The number of methoxy groups -OCH3 is 1. The first-order valence-electron chi connectivity index (χ1n) is 13.0. The molecule has 0 aliphatic rings. The molecule has 0 aliphatic carbocycles. The summed E-state index contributed by atoms with van der Waals surface area (Å²) >= 11 is 0. The largest absolute Gasteiger partial charge is 0.508 e. The molecule has 0 amide bonds. The molecule has 1 atom stereocenters. The molecule has 0 bridgehead atoms. The summed E-state index contributed by atoms with van der Waals surface area (Å²) in [6.45, 7) is 4.47. The van der Waals surface area contributed by atoms with Crippen molar-refractivity contribution in [1.29, 1.82) is 0 Å². The van der Waals surface area contributed by atoms with Crippen LogP contribution in [0.3, 0.4) is 0 Å². The fraction of sp³-hybridized carbons (Fsp3) is 0.219. The van der Waals surface area contributed by atoms with Crippen molar-refractivity contribution in [1.82, 2.24) is 4.57 Å². The van der Waals surface area contributed by atoms with E-state index in [1.165, 1.54) is 37.6 Å². The molecule has 8 nitrogen and oxygen atoms in total. The van der Waals surface area contributed by atoms with Crippen LogP contribution in [-0.4, -0.2) is 27.9 Å². The van der Waals surface area contributed by atoms with E-state index < -0.39 is 11.9 Å². The highest BCUT2D eigenvalue weighted by Crippen LogP contribution is 2.39. The number of phenols is 2. The molecule has 5 rings (SSSR count). The number of hydrogen-bond acceptors (Lipinski definition) is 7. The zero-order chi connectivity index (χ0) is 28.6. The lowest BCUT2D eigenvalue weighted by atomic mass is 9.86. The molecule has 2 N–H and O–H groups in total. The maximum atomic E-state index is 14.0. The number of benzene rings is 3. The summed E-state index contributed by atoms with van der Waals surface area (Å²) in [7, 11) is 1.25. The molecule has 0 aliphatic heterocycles. The molecule has 204 valence electrons. The van der Waals surface area contributed by atoms with Crippen molar-refractivity contribution in [2.75, 3.05) is 7.11 Å². The first-order valence-corrected chi connectivity index (χ1v) is 13.0. The number of aromatic nitrogens is 1. The van der Waals surface area contributed by atoms with Crippen molar-refractivity contribution >= 4 is 27.8 Å². The smallest absolute Gasteiger partial charge is 0.306 e. The number of pyridine rings is 1. The Bertz CT molecular complexity index is 1850. The SMILES string of the molecule is COC(=O)CC(c1cc2ccccc2n(CC(C)C)c1=O)c1c(O)ccc2c(=O)c(-c3ccc(O)cc3)coc12. The lowest BCUT2D eigenvalue weighted by Crippen LogP contribution is -2.29. The predicted molar refractivity (Wildman–Crippen MR) is 153 cm³/mol. The van der Waals surface area contributed by atoms with E-state index in [1.54, 1.807) is 22.8 Å². The normalized spacial score (nSPS) is 12.2. The van der Waals surface area contributed by atoms with E-state index in [2.05, 4.69) is 0 Å². The number of fused-ring (bicyclic) bond motifs is 2. The van der Waals surface area contributed by atoms with Gasteiger partial charge in [0, 0.05) is 23.6 Å². The van der Waals surface area contributed by atoms with Gasteiger partial charge in [-0.05, 0) is 53.3 Å². The molecule has 0 radical (unpaired) electrons. The zero-order valence-corrected chi connectivity index (χ0v) is 22.4. The summed E-state index contributed by atoms with van der Waals surface area (Å²) in [6, 6.07) is 18.2. The summed E-state index contributed by atoms with van der Waals surface area (Å²) < 4.78 is 12.6. The second-order valence-corrected chi connectivity index (χ2v) is 10.2. The van der Waals surface area contributed by atoms with Crippen LogP contribution in [-0.2, 0) is 16.1 Å². The summed E-state index contributed by atoms with van der Waals surface area (Å²) in [6.07, 6.45) is 1.02. The van der Waals surface area contributed by atoms with E-state index in [0.29, 0.717) is 12.1 Å². The lowest BCUT2D eigenvalue weighted by molar-refractivity contribution is -0.140. The number of hydrogen-bond donors (Lipinski definition) is 2. The molecule has 8 heteroatoms. The standard InChI is InChI=1S/C32H29NO7/c1-18(2)16-33-26-7-5-4-6-20(26)14-24(32(33)38)23(15-28(36)39-3)29-27(35)13-12-22-30(37)25(17-40-31(22)29)19-8-10-21(34)11-9-19/h4-14,17-18,23,34-35H,15-16H2,1-3H3. The molecule has 2 aromatic heterocycles. The van der Waals surface area contributed by atoms with Crippen molar-refractivity contribution in [3.8, 4) is 22.6 Å². The number of para-hydroxylation sites is 1. The fourth-order valence-corrected chi connectivity index (χ4v) is 5.15. The van der Waals surface area contributed by atoms with Crippen molar-refractivity contribution in [3.05, 3.63) is 105 Å². The minimum Gasteiger partial charge on any atom is -0.508 e. The maximum absolute atomic E-state index is 14.0. The van der Waals surface area contributed by atoms with Gasteiger partial charge in [-0.3, -0.25) is 14.4 Å². The number of carbonyl (C=O) groups is 1. The Morgan fingerprint density at radius 1 is 1.00 bits per heavy atom. The van der Waals surface area contributed by atoms with Gasteiger partial charge in [-0.15, -0.1) is 0 Å². The third-order valence-electron chi connectivity index (χ3n) is 7.04. The van der Waals surface area contributed by atoms with Crippen LogP contribution in [0.4, 0.5) is 0 Å². The van der Waals surface area contributed by atoms with Gasteiger partial charge in [0.05, 0.1) is 30.0 Å². The van der Waals surface area contributed by atoms with E-state index in [9.17, 15) is 24.6 Å². The first-order chi connectivity index (χ1) is 19.2. The molecule has 2 heterocycles. The van der Waals surface area contributed by atoms with Gasteiger partial charge in [-0.25, -0.2) is 0 Å².